The lowest BCUT2D eigenvalue weighted by Gasteiger charge is -2.30. The van der Waals surface area contributed by atoms with Gasteiger partial charge in [0.05, 0.1) is 18.6 Å². The van der Waals surface area contributed by atoms with Gasteiger partial charge in [-0.1, -0.05) is 0 Å². The number of nitrogens with zero attached hydrogens (tertiary/aromatic N) is 1. The fourth-order valence-corrected chi connectivity index (χ4v) is 3.47. The molecule has 1 saturated heterocycles. The number of hydrogen-bond acceptors (Lipinski definition) is 2. The first kappa shape index (κ1) is 8.81. The Morgan fingerprint density at radius 2 is 1.91 bits per heavy atom. The summed E-state index contributed by atoms with van der Waals surface area (Å²) in [4.78, 5) is 0. The number of hydrogen-bond donors (Lipinski definition) is 0. The molecule has 1 aliphatic heterocycles. The Labute approximate surface area is 68.0 Å². The van der Waals surface area contributed by atoms with Crippen LogP contribution >= 0.6 is 7.14 Å². The fraction of sp³-hybridized carbons (Fsp3) is 0.875. The maximum absolute atomic E-state index is 11.5. The molecule has 0 aromatic heterocycles. The third-order valence-electron chi connectivity index (χ3n) is 2.54. The molecule has 0 atom stereocenters. The van der Waals surface area contributed by atoms with E-state index in [1.54, 1.807) is 0 Å². The molecule has 0 amide bonds. The molecule has 0 saturated carbocycles. The van der Waals surface area contributed by atoms with Gasteiger partial charge in [0, 0.05) is 12.3 Å². The van der Waals surface area contributed by atoms with E-state index in [1.165, 1.54) is 0 Å². The van der Waals surface area contributed by atoms with E-state index in [-0.39, 0.29) is 5.41 Å². The molecule has 0 aromatic rings. The lowest BCUT2D eigenvalue weighted by Crippen LogP contribution is -2.22. The first-order valence-corrected chi connectivity index (χ1v) is 6.47. The third kappa shape index (κ3) is 2.07. The van der Waals surface area contributed by atoms with Crippen molar-refractivity contribution in [3.8, 4) is 6.07 Å². The van der Waals surface area contributed by atoms with Gasteiger partial charge in [0.1, 0.15) is 0 Å². The van der Waals surface area contributed by atoms with Crippen molar-refractivity contribution in [3.63, 3.8) is 0 Å². The quantitative estimate of drug-likeness (QED) is 0.525. The Kier molecular flexibility index (Phi) is 2.12. The fourth-order valence-electron chi connectivity index (χ4n) is 1.32. The molecule has 0 spiro atoms. The first-order valence-electron chi connectivity index (χ1n) is 3.94. The molecule has 3 heteroatoms. The zero-order valence-electron chi connectivity index (χ0n) is 7.13. The van der Waals surface area contributed by atoms with Crippen LogP contribution in [0, 0.1) is 16.7 Å². The van der Waals surface area contributed by atoms with Crippen LogP contribution in [0.1, 0.15) is 19.8 Å². The first-order chi connectivity index (χ1) is 4.97. The smallest absolute Gasteiger partial charge is 0.0849 e. The minimum absolute atomic E-state index is 0.191. The predicted molar refractivity (Wildman–Crippen MR) is 46.2 cm³/mol. The van der Waals surface area contributed by atoms with E-state index in [0.29, 0.717) is 0 Å². The summed E-state index contributed by atoms with van der Waals surface area (Å²) in [5.41, 5.74) is -0.191. The van der Waals surface area contributed by atoms with Gasteiger partial charge in [-0.05, 0) is 26.4 Å². The monoisotopic (exact) mass is 171 g/mol. The Morgan fingerprint density at radius 1 is 1.45 bits per heavy atom. The number of nitriles is 1. The molecule has 0 bridgehead atoms. The van der Waals surface area contributed by atoms with Gasteiger partial charge in [0.15, 0.2) is 0 Å². The molecule has 1 rings (SSSR count). The van der Waals surface area contributed by atoms with Crippen molar-refractivity contribution >= 4 is 7.14 Å². The van der Waals surface area contributed by atoms with Gasteiger partial charge in [0.2, 0.25) is 0 Å². The largest absolute Gasteiger partial charge is 0.324 e. The zero-order chi connectivity index (χ0) is 8.54. The summed E-state index contributed by atoms with van der Waals surface area (Å²) in [5.74, 6) is 0. The maximum atomic E-state index is 11.5. The molecular formula is C8H14NOP. The number of rotatable bonds is 0. The highest BCUT2D eigenvalue weighted by molar-refractivity contribution is 7.63. The second-order valence-electron chi connectivity index (χ2n) is 3.92. The molecule has 0 aromatic carbocycles. The van der Waals surface area contributed by atoms with E-state index in [0.717, 1.165) is 25.2 Å². The molecular weight excluding hydrogens is 157 g/mol. The van der Waals surface area contributed by atoms with Crippen LogP contribution in [0.5, 0.6) is 0 Å². The third-order valence-corrected chi connectivity index (χ3v) is 4.88. The molecule has 0 radical (unpaired) electrons. The zero-order valence-corrected chi connectivity index (χ0v) is 8.03. The van der Waals surface area contributed by atoms with Gasteiger partial charge in [-0.25, -0.2) is 0 Å². The van der Waals surface area contributed by atoms with Crippen molar-refractivity contribution in [1.82, 2.24) is 0 Å². The highest BCUT2D eigenvalue weighted by Gasteiger charge is 2.33. The van der Waals surface area contributed by atoms with E-state index >= 15 is 0 Å². The van der Waals surface area contributed by atoms with Crippen molar-refractivity contribution in [2.24, 2.45) is 5.41 Å². The topological polar surface area (TPSA) is 40.9 Å². The molecule has 0 unspecified atom stereocenters. The standard InChI is InChI=1S/C8H14NOP/c1-8(7-9)3-5-11(2,10)6-4-8/h3-6H2,1-2H3. The normalized spacial score (nSPS) is 44.8. The lowest BCUT2D eigenvalue weighted by molar-refractivity contribution is 0.393. The summed E-state index contributed by atoms with van der Waals surface area (Å²) in [6.45, 7) is 3.82. The van der Waals surface area contributed by atoms with Gasteiger partial charge in [-0.3, -0.25) is 0 Å². The van der Waals surface area contributed by atoms with Crippen molar-refractivity contribution in [2.75, 3.05) is 19.0 Å². The molecule has 1 heterocycles. The Morgan fingerprint density at radius 3 is 2.27 bits per heavy atom. The predicted octanol–water partition coefficient (Wildman–Crippen LogP) is 2.30. The SMILES string of the molecule is CC1(C#N)CCP(C)(=O)CC1. The van der Waals surface area contributed by atoms with Crippen LogP contribution in [0.15, 0.2) is 0 Å². The molecule has 1 fully saturated rings. The van der Waals surface area contributed by atoms with Gasteiger partial charge in [0.25, 0.3) is 0 Å². The van der Waals surface area contributed by atoms with Crippen LogP contribution in [0.3, 0.4) is 0 Å². The van der Waals surface area contributed by atoms with E-state index in [4.69, 9.17) is 5.26 Å². The molecule has 2 nitrogen and oxygen atoms in total. The Hall–Kier alpha value is -0.280. The summed E-state index contributed by atoms with van der Waals surface area (Å²) >= 11 is 0. The second-order valence-corrected chi connectivity index (χ2v) is 7.40. The summed E-state index contributed by atoms with van der Waals surface area (Å²) in [5, 5.41) is 8.78. The minimum Gasteiger partial charge on any atom is -0.324 e. The van der Waals surface area contributed by atoms with E-state index < -0.39 is 7.14 Å². The molecule has 0 N–H and O–H groups in total. The average Bonchev–Trinajstić information content (AvgIpc) is 1.97. The van der Waals surface area contributed by atoms with E-state index in [2.05, 4.69) is 6.07 Å². The van der Waals surface area contributed by atoms with Crippen LogP contribution in [0.2, 0.25) is 0 Å². The average molecular weight is 171 g/mol. The van der Waals surface area contributed by atoms with Crippen LogP contribution in [-0.4, -0.2) is 19.0 Å². The molecule has 1 aliphatic rings. The van der Waals surface area contributed by atoms with Gasteiger partial charge < -0.3 is 4.57 Å². The summed E-state index contributed by atoms with van der Waals surface area (Å²) < 4.78 is 11.5. The van der Waals surface area contributed by atoms with Gasteiger partial charge in [-0.15, -0.1) is 0 Å². The Balaban J connectivity index is 2.64. The van der Waals surface area contributed by atoms with Gasteiger partial charge in [-0.2, -0.15) is 5.26 Å². The Bertz CT molecular complexity index is 229. The second kappa shape index (κ2) is 2.64. The van der Waals surface area contributed by atoms with Crippen molar-refractivity contribution < 1.29 is 4.57 Å². The van der Waals surface area contributed by atoms with Crippen molar-refractivity contribution in [2.45, 2.75) is 19.8 Å². The van der Waals surface area contributed by atoms with Crippen LogP contribution < -0.4 is 0 Å². The van der Waals surface area contributed by atoms with Crippen molar-refractivity contribution in [3.05, 3.63) is 0 Å². The minimum atomic E-state index is -1.83. The van der Waals surface area contributed by atoms with Crippen LogP contribution in [0.4, 0.5) is 0 Å². The summed E-state index contributed by atoms with van der Waals surface area (Å²) in [7, 11) is -1.83. The highest BCUT2D eigenvalue weighted by Crippen LogP contribution is 2.51. The highest BCUT2D eigenvalue weighted by atomic mass is 31.2. The van der Waals surface area contributed by atoms with E-state index in [9.17, 15) is 4.57 Å². The molecule has 11 heavy (non-hydrogen) atoms. The molecule has 62 valence electrons. The lowest BCUT2D eigenvalue weighted by atomic mass is 9.86. The van der Waals surface area contributed by atoms with Crippen LogP contribution in [0.25, 0.3) is 0 Å². The van der Waals surface area contributed by atoms with Gasteiger partial charge >= 0.3 is 0 Å². The summed E-state index contributed by atoms with van der Waals surface area (Å²) in [6, 6.07) is 2.30. The maximum Gasteiger partial charge on any atom is 0.0849 e. The summed E-state index contributed by atoms with van der Waals surface area (Å²) in [6.07, 6.45) is 3.16. The van der Waals surface area contributed by atoms with Crippen LogP contribution in [-0.2, 0) is 4.57 Å². The van der Waals surface area contributed by atoms with Crippen molar-refractivity contribution in [1.29, 1.82) is 5.26 Å². The van der Waals surface area contributed by atoms with E-state index in [1.807, 2.05) is 13.6 Å². The molecule has 0 aliphatic carbocycles.